The van der Waals surface area contributed by atoms with Crippen molar-refractivity contribution in [1.29, 1.82) is 0 Å². The monoisotopic (exact) mass is 268 g/mol. The van der Waals surface area contributed by atoms with Crippen molar-refractivity contribution in [3.8, 4) is 0 Å². The molecule has 0 fully saturated rings. The Hall–Kier alpha value is -1.06. The summed E-state index contributed by atoms with van der Waals surface area (Å²) in [6, 6.07) is 0. The van der Waals surface area contributed by atoms with Gasteiger partial charge in [-0.15, -0.1) is 0 Å². The molecule has 0 radical (unpaired) electrons. The molecule has 6 N–H and O–H groups in total. The third-order valence-corrected chi connectivity index (χ3v) is 1.91. The molecule has 0 saturated carbocycles. The zero-order valence-electron chi connectivity index (χ0n) is 10.2. The van der Waals surface area contributed by atoms with Crippen LogP contribution in [-0.4, -0.2) is 73.9 Å². The second-order valence-corrected chi connectivity index (χ2v) is 3.85. The fourth-order valence-corrected chi connectivity index (χ4v) is 0.618. The van der Waals surface area contributed by atoms with Crippen LogP contribution in [0.25, 0.3) is 0 Å². The number of aliphatic hydroxyl groups excluding tert-OH is 5. The predicted molar refractivity (Wildman–Crippen MR) is 59.7 cm³/mol. The molecule has 0 aromatic carbocycles. The summed E-state index contributed by atoms with van der Waals surface area (Å²) < 4.78 is 0. The Morgan fingerprint density at radius 2 is 1.50 bits per heavy atom. The lowest BCUT2D eigenvalue weighted by Crippen LogP contribution is -2.46. The highest BCUT2D eigenvalue weighted by Crippen LogP contribution is 2.02. The van der Waals surface area contributed by atoms with Gasteiger partial charge in [0.1, 0.15) is 24.4 Å². The molecule has 0 saturated heterocycles. The average molecular weight is 268 g/mol. The van der Waals surface area contributed by atoms with E-state index in [4.69, 9.17) is 30.6 Å². The second kappa shape index (κ2) is 9.92. The molecule has 8 heteroatoms. The number of aliphatic carboxylic acids is 1. The summed E-state index contributed by atoms with van der Waals surface area (Å²) in [6.07, 6.45) is -6.84. The van der Waals surface area contributed by atoms with E-state index in [1.165, 1.54) is 0 Å². The SMILES string of the molecule is CC(C)C(=O)O.O=CC(O)C(O)C(O)C(O)CO. The van der Waals surface area contributed by atoms with E-state index in [-0.39, 0.29) is 12.2 Å². The number of carboxylic acids is 1. The normalized spacial score (nSPS) is 17.1. The number of rotatable bonds is 6. The van der Waals surface area contributed by atoms with Crippen LogP contribution >= 0.6 is 0 Å². The summed E-state index contributed by atoms with van der Waals surface area (Å²) in [6.45, 7) is 2.52. The van der Waals surface area contributed by atoms with Crippen molar-refractivity contribution in [2.24, 2.45) is 5.92 Å². The van der Waals surface area contributed by atoms with Crippen LogP contribution in [0, 0.1) is 5.92 Å². The van der Waals surface area contributed by atoms with Crippen LogP contribution in [0.2, 0.25) is 0 Å². The van der Waals surface area contributed by atoms with Crippen LogP contribution in [0.5, 0.6) is 0 Å². The first-order valence-corrected chi connectivity index (χ1v) is 5.20. The van der Waals surface area contributed by atoms with E-state index in [0.29, 0.717) is 0 Å². The van der Waals surface area contributed by atoms with Crippen molar-refractivity contribution < 1.29 is 40.2 Å². The van der Waals surface area contributed by atoms with Gasteiger partial charge in [0.05, 0.1) is 12.5 Å². The lowest BCUT2D eigenvalue weighted by Gasteiger charge is -2.22. The highest BCUT2D eigenvalue weighted by atomic mass is 16.4. The molecule has 0 spiro atoms. The van der Waals surface area contributed by atoms with Gasteiger partial charge < -0.3 is 35.4 Å². The van der Waals surface area contributed by atoms with Gasteiger partial charge in [0.2, 0.25) is 0 Å². The molecule has 4 unspecified atom stereocenters. The Morgan fingerprint density at radius 1 is 1.11 bits per heavy atom. The number of carbonyl (C=O) groups is 2. The molecule has 18 heavy (non-hydrogen) atoms. The van der Waals surface area contributed by atoms with Crippen molar-refractivity contribution in [2.75, 3.05) is 6.61 Å². The first kappa shape index (κ1) is 19.3. The first-order chi connectivity index (χ1) is 8.18. The highest BCUT2D eigenvalue weighted by molar-refractivity contribution is 5.68. The summed E-state index contributed by atoms with van der Waals surface area (Å²) in [4.78, 5) is 19.6. The molecule has 4 atom stereocenters. The van der Waals surface area contributed by atoms with Gasteiger partial charge >= 0.3 is 5.97 Å². The van der Waals surface area contributed by atoms with Gasteiger partial charge in [-0.25, -0.2) is 0 Å². The first-order valence-electron chi connectivity index (χ1n) is 5.20. The van der Waals surface area contributed by atoms with Crippen LogP contribution in [0.15, 0.2) is 0 Å². The van der Waals surface area contributed by atoms with Gasteiger partial charge in [-0.1, -0.05) is 13.8 Å². The molecule has 0 amide bonds. The second-order valence-electron chi connectivity index (χ2n) is 3.85. The zero-order valence-corrected chi connectivity index (χ0v) is 10.2. The fraction of sp³-hybridized carbons (Fsp3) is 0.800. The predicted octanol–water partition coefficient (Wildman–Crippen LogP) is -2.65. The molecular weight excluding hydrogens is 248 g/mol. The molecule has 0 aliphatic rings. The molecule has 8 nitrogen and oxygen atoms in total. The maximum atomic E-state index is 9.90. The number of carbonyl (C=O) groups excluding carboxylic acids is 1. The van der Waals surface area contributed by atoms with Crippen LogP contribution in [0.1, 0.15) is 13.8 Å². The standard InChI is InChI=1S/C6H12O6.C4H8O2/c7-1-3(9)5(11)6(12)4(10)2-8;1-3(2)4(5)6/h1,3-6,8-12H,2H2;3H,1-2H3,(H,5,6). The molecule has 0 aliphatic heterocycles. The highest BCUT2D eigenvalue weighted by Gasteiger charge is 2.29. The molecule has 108 valence electrons. The van der Waals surface area contributed by atoms with Crippen molar-refractivity contribution in [3.05, 3.63) is 0 Å². The quantitative estimate of drug-likeness (QED) is 0.285. The van der Waals surface area contributed by atoms with Crippen molar-refractivity contribution >= 4 is 12.3 Å². The third kappa shape index (κ3) is 8.09. The largest absolute Gasteiger partial charge is 0.481 e. The number of hydrogen-bond donors (Lipinski definition) is 6. The van der Waals surface area contributed by atoms with Gasteiger partial charge in [0, 0.05) is 0 Å². The van der Waals surface area contributed by atoms with Crippen LogP contribution in [-0.2, 0) is 9.59 Å². The minimum absolute atomic E-state index is 0.0258. The van der Waals surface area contributed by atoms with Gasteiger partial charge in [0.15, 0.2) is 6.29 Å². The molecule has 0 rings (SSSR count). The summed E-state index contributed by atoms with van der Waals surface area (Å²) in [5.41, 5.74) is 0. The topological polar surface area (TPSA) is 156 Å². The van der Waals surface area contributed by atoms with Gasteiger partial charge in [0.25, 0.3) is 0 Å². The molecule has 0 aromatic heterocycles. The Labute approximate surface area is 104 Å². The minimum atomic E-state index is -1.79. The van der Waals surface area contributed by atoms with E-state index >= 15 is 0 Å². The van der Waals surface area contributed by atoms with Gasteiger partial charge in [-0.2, -0.15) is 0 Å². The smallest absolute Gasteiger partial charge is 0.305 e. The van der Waals surface area contributed by atoms with E-state index in [0.717, 1.165) is 0 Å². The summed E-state index contributed by atoms with van der Waals surface area (Å²) in [5, 5.41) is 51.5. The van der Waals surface area contributed by atoms with Gasteiger partial charge in [-0.05, 0) is 0 Å². The van der Waals surface area contributed by atoms with Gasteiger partial charge in [-0.3, -0.25) is 4.79 Å². The number of aldehydes is 1. The number of carboxylic acid groups (broad SMARTS) is 1. The van der Waals surface area contributed by atoms with Crippen LogP contribution < -0.4 is 0 Å². The lowest BCUT2D eigenvalue weighted by molar-refractivity contribution is -0.140. The maximum Gasteiger partial charge on any atom is 0.305 e. The Balaban J connectivity index is 0. The Morgan fingerprint density at radius 3 is 1.72 bits per heavy atom. The minimum Gasteiger partial charge on any atom is -0.481 e. The summed E-state index contributed by atoms with van der Waals surface area (Å²) in [7, 11) is 0. The number of hydrogen-bond acceptors (Lipinski definition) is 7. The molecule has 0 heterocycles. The number of aliphatic hydroxyl groups is 5. The Kier molecular flexibility index (Phi) is 10.6. The van der Waals surface area contributed by atoms with Crippen molar-refractivity contribution in [3.63, 3.8) is 0 Å². The van der Waals surface area contributed by atoms with Crippen LogP contribution in [0.4, 0.5) is 0 Å². The molecule has 0 aliphatic carbocycles. The van der Waals surface area contributed by atoms with Crippen molar-refractivity contribution in [1.82, 2.24) is 0 Å². The lowest BCUT2D eigenvalue weighted by atomic mass is 10.0. The molecule has 0 bridgehead atoms. The van der Waals surface area contributed by atoms with E-state index in [2.05, 4.69) is 0 Å². The zero-order chi connectivity index (χ0) is 14.9. The van der Waals surface area contributed by atoms with E-state index in [1.54, 1.807) is 13.8 Å². The summed E-state index contributed by atoms with van der Waals surface area (Å²) >= 11 is 0. The Bertz CT molecular complexity index is 242. The third-order valence-electron chi connectivity index (χ3n) is 1.91. The maximum absolute atomic E-state index is 9.90. The average Bonchev–Trinajstić information content (AvgIpc) is 2.35. The fourth-order valence-electron chi connectivity index (χ4n) is 0.618. The molecular formula is C10H20O8. The van der Waals surface area contributed by atoms with Crippen LogP contribution in [0.3, 0.4) is 0 Å². The van der Waals surface area contributed by atoms with E-state index in [9.17, 15) is 9.59 Å². The van der Waals surface area contributed by atoms with E-state index < -0.39 is 37.0 Å². The van der Waals surface area contributed by atoms with Crippen molar-refractivity contribution in [2.45, 2.75) is 38.3 Å². The summed E-state index contributed by atoms with van der Waals surface area (Å²) in [5.74, 6) is -0.972. The molecule has 0 aromatic rings. The van der Waals surface area contributed by atoms with E-state index in [1.807, 2.05) is 0 Å².